The Morgan fingerprint density at radius 2 is 0.661 bits per heavy atom. The molecule has 4 amide bonds. The lowest BCUT2D eigenvalue weighted by molar-refractivity contribution is -0.366. The maximum atomic E-state index is 13.4. The predicted molar refractivity (Wildman–Crippen MR) is 362 cm³/mol. The molecular weight excluding hydrogens is 1590 g/mol. The van der Waals surface area contributed by atoms with Crippen molar-refractivity contribution in [1.29, 1.82) is 0 Å². The summed E-state index contributed by atoms with van der Waals surface area (Å²) in [6, 6.07) is -6.32. The third-order valence-corrected chi connectivity index (χ3v) is 22.3. The summed E-state index contributed by atoms with van der Waals surface area (Å²) in [5, 5.41) is 208. The first-order valence-electron chi connectivity index (χ1n) is 36.3. The number of carbonyl (C=O) groups is 8. The van der Waals surface area contributed by atoms with Gasteiger partial charge in [0.1, 0.15) is 159 Å². The molecule has 7 saturated heterocycles. The number of carbonyl (C=O) groups excluding carboxylic acids is 4. The van der Waals surface area contributed by atoms with Crippen LogP contribution in [-0.4, -0.2) is 452 Å². The summed E-state index contributed by atoms with van der Waals surface area (Å²) in [4.78, 5) is 101. The molecule has 1 aliphatic carbocycles. The van der Waals surface area contributed by atoms with E-state index in [1.54, 1.807) is 0 Å². The van der Waals surface area contributed by atoms with Crippen molar-refractivity contribution in [3.05, 3.63) is 0 Å². The van der Waals surface area contributed by atoms with Crippen molar-refractivity contribution in [2.45, 2.75) is 287 Å². The van der Waals surface area contributed by atoms with E-state index in [1.165, 1.54) is 13.8 Å². The average molecular weight is 1690 g/mol. The third kappa shape index (κ3) is 22.4. The van der Waals surface area contributed by atoms with E-state index in [2.05, 4.69) is 21.3 Å². The second-order valence-electron chi connectivity index (χ2n) is 28.8. The van der Waals surface area contributed by atoms with Gasteiger partial charge in [-0.2, -0.15) is 0 Å². The Morgan fingerprint density at radius 3 is 1.00 bits per heavy atom. The first-order chi connectivity index (χ1) is 54.0. The average Bonchev–Trinajstić information content (AvgIpc) is 0.766. The number of sulfone groups is 1. The van der Waals surface area contributed by atoms with Crippen LogP contribution < -0.4 is 21.3 Å². The number of hydrogen-bond acceptors (Lipinski definition) is 41. The van der Waals surface area contributed by atoms with Gasteiger partial charge in [0.15, 0.2) is 59.6 Å². The zero-order valence-corrected chi connectivity index (χ0v) is 63.8. The Kier molecular flexibility index (Phi) is 34.0. The fraction of sp³-hybridized carbons (Fsp3) is 0.877. The molecule has 1 saturated carbocycles. The summed E-state index contributed by atoms with van der Waals surface area (Å²) in [7, 11) is -2.09. The van der Waals surface area contributed by atoms with E-state index < -0.39 is 360 Å². The molecule has 8 aliphatic rings. The topological polar surface area (TPSA) is 740 Å². The number of carboxylic acid groups (broad SMARTS) is 4. The lowest BCUT2D eigenvalue weighted by atomic mass is 9.80. The van der Waals surface area contributed by atoms with Crippen molar-refractivity contribution < 1.29 is 219 Å². The highest BCUT2D eigenvalue weighted by Crippen LogP contribution is 2.40. The normalized spacial score (nSPS) is 43.9. The van der Waals surface area contributed by atoms with E-state index in [4.69, 9.17) is 80.5 Å². The summed E-state index contributed by atoms with van der Waals surface area (Å²) in [6.07, 6.45) is -68.2. The van der Waals surface area contributed by atoms with Gasteiger partial charge in [0.05, 0.1) is 87.5 Å². The summed E-state index contributed by atoms with van der Waals surface area (Å²) in [5.74, 6) is -13.5. The standard InChI is InChI=1S/C65H104N4O45S/c1-18-30(66-20(3)72)47(104-25-13-24(57(88)89)46(39(81)34(25)76)107-61-32(68-22(5)74)49(35(77)26(14-70)105-61)109-63-43(85)40(82)51(98-7)54(112-63)58(90)91)37(79)28(102-18)16-100-9-11-115(96,97)12-10-101-17-29-38(80)48(31(19(2)103-29)67-21(4)73)108-65-45(87)42(84)53(56(114-65)60(94)95)111-62-33(69-23(6)75)50(36(78)27(15-71)106-62)110-64-44(86)41(83)52(99-8)55(113-64)59(92)93/h18-19,24-56,61-65,70-71,76-87H,9-17H2,1-8H3,(H,66,72)(H,67,73)(H,68,74)(H,69,75)(H,88,89)(H,90,91)(H,92,93)(H,94,95)/t18-,19+,24?,25?,26?,27?,28?,29?,30?,31?,32?,33?,34?,35?,36?,37?,38?,39?,40?,41?,42?,43?,44?,45?,46?,47?,48?,49?,50?,51?,52?,53?,54?,55?,56?,61?,62?,63?,64?,65?/m0/s1. The van der Waals surface area contributed by atoms with Gasteiger partial charge in [0.25, 0.3) is 0 Å². The van der Waals surface area contributed by atoms with Crippen LogP contribution >= 0.6 is 0 Å². The van der Waals surface area contributed by atoms with Gasteiger partial charge in [-0.3, -0.25) is 24.0 Å². The van der Waals surface area contributed by atoms with E-state index >= 15 is 0 Å². The molecular formula is C65H104N4O45S. The van der Waals surface area contributed by atoms with Crippen LogP contribution in [0.15, 0.2) is 0 Å². The van der Waals surface area contributed by atoms with Gasteiger partial charge >= 0.3 is 23.9 Å². The van der Waals surface area contributed by atoms with E-state index in [0.29, 0.717) is 0 Å². The van der Waals surface area contributed by atoms with Crippen molar-refractivity contribution in [3.8, 4) is 0 Å². The van der Waals surface area contributed by atoms with Crippen LogP contribution in [-0.2, 0) is 129 Å². The zero-order chi connectivity index (χ0) is 85.4. The van der Waals surface area contributed by atoms with Crippen molar-refractivity contribution in [1.82, 2.24) is 21.3 Å². The first-order valence-corrected chi connectivity index (χ1v) is 38.1. The minimum Gasteiger partial charge on any atom is -0.481 e. The monoisotopic (exact) mass is 1690 g/mol. The molecule has 0 bridgehead atoms. The molecule has 22 N–H and O–H groups in total. The molecule has 0 spiro atoms. The maximum absolute atomic E-state index is 13.4. The number of carboxylic acids is 4. The predicted octanol–water partition coefficient (Wildman–Crippen LogP) is -14.0. The van der Waals surface area contributed by atoms with E-state index in [0.717, 1.165) is 41.9 Å². The van der Waals surface area contributed by atoms with Crippen LogP contribution in [0.5, 0.6) is 0 Å². The van der Waals surface area contributed by atoms with Crippen LogP contribution in [0, 0.1) is 5.92 Å². The van der Waals surface area contributed by atoms with E-state index in [9.17, 15) is 139 Å². The second kappa shape index (κ2) is 41.2. The van der Waals surface area contributed by atoms with Crippen LogP contribution in [0.4, 0.5) is 0 Å². The molecule has 0 aromatic carbocycles. The number of amides is 4. The smallest absolute Gasteiger partial charge is 0.335 e. The Balaban J connectivity index is 0.870. The fourth-order valence-corrected chi connectivity index (χ4v) is 15.9. The van der Waals surface area contributed by atoms with E-state index in [-0.39, 0.29) is 0 Å². The molecule has 40 atom stereocenters. The summed E-state index contributed by atoms with van der Waals surface area (Å²) < 4.78 is 124. The summed E-state index contributed by atoms with van der Waals surface area (Å²) in [5.41, 5.74) is 0. The second-order valence-corrected chi connectivity index (χ2v) is 31.1. The number of methoxy groups -OCH3 is 2. The summed E-state index contributed by atoms with van der Waals surface area (Å²) >= 11 is 0. The molecule has 49 nitrogen and oxygen atoms in total. The SMILES string of the molecule is COC1C(C(=O)O)OC(OC2C(O)C(CO)OC(OC3C(C(=O)O)CC(OC4C(O)C(COCCS(=O)(=O)CCOCC5O[C@H](C)C(NC(C)=O)C(OC6OC(C(=O)O)C(OC7OC(CO)C(O)C(OC8OC(C(=O)O)C(OC)C(O)C8O)C7NC(C)=O)C(O)C6O)C5O)O[C@@H](C)C4NC(C)=O)C(O)C3O)C2NC(C)=O)C(O)C1O. The van der Waals surface area contributed by atoms with Gasteiger partial charge in [-0.05, 0) is 20.3 Å². The Bertz CT molecular complexity index is 3170. The van der Waals surface area contributed by atoms with Crippen LogP contribution in [0.2, 0.25) is 0 Å². The molecule has 7 heterocycles. The van der Waals surface area contributed by atoms with Crippen LogP contribution in [0.1, 0.15) is 48.0 Å². The molecule has 0 aromatic heterocycles. The van der Waals surface area contributed by atoms with Gasteiger partial charge in [-0.25, -0.2) is 22.8 Å². The van der Waals surface area contributed by atoms with Crippen molar-refractivity contribution in [3.63, 3.8) is 0 Å². The summed E-state index contributed by atoms with van der Waals surface area (Å²) in [6.45, 7) is 2.45. The third-order valence-electron chi connectivity index (χ3n) is 20.7. The number of ether oxygens (including phenoxy) is 17. The van der Waals surface area contributed by atoms with Gasteiger partial charge < -0.3 is 194 Å². The largest absolute Gasteiger partial charge is 0.481 e. The maximum Gasteiger partial charge on any atom is 0.335 e. The number of aliphatic hydroxyl groups excluding tert-OH is 14. The molecule has 0 aromatic rings. The van der Waals surface area contributed by atoms with Crippen LogP contribution in [0.3, 0.4) is 0 Å². The van der Waals surface area contributed by atoms with Gasteiger partial charge in [0.2, 0.25) is 23.6 Å². The minimum absolute atomic E-state index is 0.569. The highest BCUT2D eigenvalue weighted by atomic mass is 32.2. The number of aliphatic hydroxyl groups is 14. The van der Waals surface area contributed by atoms with Crippen molar-refractivity contribution in [2.24, 2.45) is 5.92 Å². The molecule has 8 fully saturated rings. The number of aliphatic carboxylic acids is 4. The van der Waals surface area contributed by atoms with Crippen LogP contribution in [0.25, 0.3) is 0 Å². The minimum atomic E-state index is -4.12. The molecule has 50 heteroatoms. The van der Waals surface area contributed by atoms with Gasteiger partial charge in [0, 0.05) is 41.9 Å². The molecule has 38 unspecified atom stereocenters. The van der Waals surface area contributed by atoms with Crippen molar-refractivity contribution >= 4 is 57.3 Å². The number of hydrogen-bond donors (Lipinski definition) is 22. The Labute approximate surface area is 653 Å². The molecule has 8 rings (SSSR count). The fourth-order valence-electron chi connectivity index (χ4n) is 14.9. The Hall–Kier alpha value is -5.53. The quantitative estimate of drug-likeness (QED) is 0.0266. The number of nitrogens with one attached hydrogen (secondary N) is 4. The highest BCUT2D eigenvalue weighted by Gasteiger charge is 2.61. The molecule has 7 aliphatic heterocycles. The van der Waals surface area contributed by atoms with Gasteiger partial charge in [-0.15, -0.1) is 0 Å². The lowest BCUT2D eigenvalue weighted by Gasteiger charge is -2.50. The zero-order valence-electron chi connectivity index (χ0n) is 62.9. The molecule has 660 valence electrons. The molecule has 115 heavy (non-hydrogen) atoms. The van der Waals surface area contributed by atoms with Gasteiger partial charge in [-0.1, -0.05) is 0 Å². The first kappa shape index (κ1) is 94.9. The Morgan fingerprint density at radius 1 is 0.357 bits per heavy atom. The molecule has 0 radical (unpaired) electrons. The highest BCUT2D eigenvalue weighted by molar-refractivity contribution is 7.91. The van der Waals surface area contributed by atoms with E-state index in [1.807, 2.05) is 0 Å². The number of rotatable bonds is 34. The van der Waals surface area contributed by atoms with Crippen molar-refractivity contribution in [2.75, 3.05) is 65.4 Å². The lowest BCUT2D eigenvalue weighted by Crippen LogP contribution is -2.70.